The summed E-state index contributed by atoms with van der Waals surface area (Å²) >= 11 is 0. The maximum atomic E-state index is 12.5. The fourth-order valence-electron chi connectivity index (χ4n) is 3.44. The number of carbonyl (C=O) groups excluding carboxylic acids is 3. The molecule has 0 aliphatic carbocycles. The Morgan fingerprint density at radius 3 is 1.80 bits per heavy atom. The first-order valence-electron chi connectivity index (χ1n) is 14.4. The quantitative estimate of drug-likeness (QED) is 0.0956. The van der Waals surface area contributed by atoms with E-state index in [4.69, 9.17) is 14.2 Å². The lowest BCUT2D eigenvalue weighted by Crippen LogP contribution is -2.23. The molecular formula is C35H46O6. The molecule has 0 N–H and O–H groups in total. The summed E-state index contributed by atoms with van der Waals surface area (Å²) in [7, 11) is 0. The molecule has 6 nitrogen and oxygen atoms in total. The van der Waals surface area contributed by atoms with Crippen LogP contribution in [0.25, 0.3) is 0 Å². The van der Waals surface area contributed by atoms with Crippen molar-refractivity contribution in [3.8, 4) is 5.75 Å². The molecule has 0 heterocycles. The molecule has 0 saturated heterocycles. The number of aryl methyl sites for hydroxylation is 1. The van der Waals surface area contributed by atoms with Crippen molar-refractivity contribution in [1.82, 2.24) is 0 Å². The number of hydrogen-bond donors (Lipinski definition) is 0. The number of hydrogen-bond acceptors (Lipinski definition) is 6. The lowest BCUT2D eigenvalue weighted by Gasteiger charge is -2.15. The molecule has 0 aromatic heterocycles. The van der Waals surface area contributed by atoms with Crippen molar-refractivity contribution in [2.24, 2.45) is 0 Å². The highest BCUT2D eigenvalue weighted by Gasteiger charge is 2.19. The molecule has 0 radical (unpaired) electrons. The zero-order valence-corrected chi connectivity index (χ0v) is 25.1. The van der Waals surface area contributed by atoms with E-state index in [1.807, 2.05) is 19.1 Å². The number of rotatable bonds is 19. The molecule has 0 aliphatic heterocycles. The second kappa shape index (κ2) is 22.8. The molecule has 1 aromatic carbocycles. The van der Waals surface area contributed by atoms with Gasteiger partial charge in [-0.25, -0.2) is 4.79 Å². The van der Waals surface area contributed by atoms with Gasteiger partial charge in [0.2, 0.25) is 0 Å². The fourth-order valence-corrected chi connectivity index (χ4v) is 3.44. The normalized spacial score (nSPS) is 12.9. The lowest BCUT2D eigenvalue weighted by molar-refractivity contribution is -0.146. The first-order valence-corrected chi connectivity index (χ1v) is 14.4. The topological polar surface area (TPSA) is 78.9 Å². The second-order valence-electron chi connectivity index (χ2n) is 9.45. The molecule has 1 rings (SSSR count). The average Bonchev–Trinajstić information content (AvgIpc) is 2.92. The van der Waals surface area contributed by atoms with E-state index >= 15 is 0 Å². The molecule has 0 spiro atoms. The van der Waals surface area contributed by atoms with Gasteiger partial charge in [-0.2, -0.15) is 0 Å². The Morgan fingerprint density at radius 2 is 1.29 bits per heavy atom. The number of carbonyl (C=O) groups is 3. The highest BCUT2D eigenvalue weighted by Crippen LogP contribution is 2.22. The van der Waals surface area contributed by atoms with Gasteiger partial charge in [-0.3, -0.25) is 9.59 Å². The van der Waals surface area contributed by atoms with Crippen molar-refractivity contribution < 1.29 is 28.6 Å². The number of benzene rings is 1. The first kappa shape index (κ1) is 35.1. The molecule has 1 aromatic rings. The Bertz CT molecular complexity index is 1100. The van der Waals surface area contributed by atoms with Crippen molar-refractivity contribution in [3.05, 3.63) is 102 Å². The summed E-state index contributed by atoms with van der Waals surface area (Å²) in [6.07, 6.45) is 31.6. The van der Waals surface area contributed by atoms with Gasteiger partial charge in [-0.05, 0) is 76.5 Å². The molecule has 1 atom stereocenters. The largest absolute Gasteiger partial charge is 0.462 e. The molecule has 0 amide bonds. The van der Waals surface area contributed by atoms with E-state index in [9.17, 15) is 14.4 Å². The summed E-state index contributed by atoms with van der Waals surface area (Å²) in [5.41, 5.74) is 0.980. The highest BCUT2D eigenvalue weighted by atomic mass is 16.6. The van der Waals surface area contributed by atoms with Crippen LogP contribution in [-0.4, -0.2) is 30.6 Å². The third-order valence-electron chi connectivity index (χ3n) is 5.51. The molecule has 41 heavy (non-hydrogen) atoms. The Kier molecular flexibility index (Phi) is 19.6. The summed E-state index contributed by atoms with van der Waals surface area (Å²) in [6, 6.07) is 4.86. The SMILES string of the molecule is CC/C=C\C/C=C\C/C=C\C/C=C\C/C=C\C/C=C\CCC(=O)OCC(C)OC(=O)c1ccc(C)cc1OC(C)=O. The van der Waals surface area contributed by atoms with Gasteiger partial charge in [0.25, 0.3) is 0 Å². The minimum absolute atomic E-state index is 0.0525. The summed E-state index contributed by atoms with van der Waals surface area (Å²) in [5, 5.41) is 0. The number of allylic oxidation sites excluding steroid dienone is 12. The highest BCUT2D eigenvalue weighted by molar-refractivity contribution is 5.93. The molecule has 1 unspecified atom stereocenters. The van der Waals surface area contributed by atoms with E-state index < -0.39 is 18.0 Å². The van der Waals surface area contributed by atoms with Crippen molar-refractivity contribution in [1.29, 1.82) is 0 Å². The zero-order chi connectivity index (χ0) is 30.1. The van der Waals surface area contributed by atoms with Crippen LogP contribution in [0.5, 0.6) is 5.75 Å². The van der Waals surface area contributed by atoms with E-state index in [-0.39, 0.29) is 30.3 Å². The minimum Gasteiger partial charge on any atom is -0.462 e. The summed E-state index contributed by atoms with van der Waals surface area (Å²) < 4.78 is 15.7. The lowest BCUT2D eigenvalue weighted by atomic mass is 10.1. The molecule has 0 saturated carbocycles. The van der Waals surface area contributed by atoms with Crippen molar-refractivity contribution in [3.63, 3.8) is 0 Å². The van der Waals surface area contributed by atoms with E-state index in [0.29, 0.717) is 6.42 Å². The van der Waals surface area contributed by atoms with Crippen LogP contribution in [-0.2, 0) is 19.1 Å². The van der Waals surface area contributed by atoms with Gasteiger partial charge < -0.3 is 14.2 Å². The maximum Gasteiger partial charge on any atom is 0.342 e. The third-order valence-corrected chi connectivity index (χ3v) is 5.51. The number of ether oxygens (including phenoxy) is 3. The van der Waals surface area contributed by atoms with Crippen LogP contribution in [0.4, 0.5) is 0 Å². The van der Waals surface area contributed by atoms with Crippen molar-refractivity contribution in [2.45, 2.75) is 85.2 Å². The van der Waals surface area contributed by atoms with Gasteiger partial charge in [0.15, 0.2) is 0 Å². The van der Waals surface area contributed by atoms with Crippen LogP contribution in [0.3, 0.4) is 0 Å². The standard InChI is InChI=1S/C35H46O6/c1-5-6-7-8-9-10-11-12-13-14-15-16-17-18-19-20-21-22-23-24-34(37)39-28-30(3)40-35(38)32-26-25-29(2)27-33(32)41-31(4)36/h6-7,9-10,12-13,15-16,18-19,21-22,25-27,30H,5,8,11,14,17,20,23-24,28H2,1-4H3/b7-6-,10-9-,13-12-,16-15-,19-18-,22-21-. The van der Waals surface area contributed by atoms with Gasteiger partial charge >= 0.3 is 17.9 Å². The van der Waals surface area contributed by atoms with Crippen LogP contribution < -0.4 is 4.74 Å². The fraction of sp³-hybridized carbons (Fsp3) is 0.400. The van der Waals surface area contributed by atoms with Crippen LogP contribution in [0.2, 0.25) is 0 Å². The molecule has 0 bridgehead atoms. The predicted octanol–water partition coefficient (Wildman–Crippen LogP) is 8.49. The molecule has 6 heteroatoms. The minimum atomic E-state index is -0.650. The smallest absolute Gasteiger partial charge is 0.342 e. The second-order valence-corrected chi connectivity index (χ2v) is 9.45. The Hall–Kier alpha value is -3.93. The summed E-state index contributed by atoms with van der Waals surface area (Å²) in [5.74, 6) is -1.40. The Balaban J connectivity index is 2.16. The van der Waals surface area contributed by atoms with Crippen molar-refractivity contribution >= 4 is 17.9 Å². The first-order chi connectivity index (χ1) is 19.8. The maximum absolute atomic E-state index is 12.5. The van der Waals surface area contributed by atoms with Gasteiger partial charge in [0.05, 0.1) is 0 Å². The monoisotopic (exact) mass is 562 g/mol. The Labute approximate surface area is 246 Å². The molecule has 0 fully saturated rings. The van der Waals surface area contributed by atoms with Crippen LogP contribution >= 0.6 is 0 Å². The summed E-state index contributed by atoms with van der Waals surface area (Å²) in [6.45, 7) is 6.81. The molecular weight excluding hydrogens is 516 g/mol. The van der Waals surface area contributed by atoms with E-state index in [1.165, 1.54) is 6.92 Å². The van der Waals surface area contributed by atoms with Crippen LogP contribution in [0.1, 0.15) is 88.1 Å². The zero-order valence-electron chi connectivity index (χ0n) is 25.1. The average molecular weight is 563 g/mol. The van der Waals surface area contributed by atoms with Crippen LogP contribution in [0, 0.1) is 6.92 Å². The van der Waals surface area contributed by atoms with Gasteiger partial charge in [0.1, 0.15) is 24.0 Å². The molecule has 222 valence electrons. The van der Waals surface area contributed by atoms with E-state index in [0.717, 1.165) is 44.1 Å². The molecule has 0 aliphatic rings. The van der Waals surface area contributed by atoms with E-state index in [1.54, 1.807) is 25.1 Å². The summed E-state index contributed by atoms with van der Waals surface area (Å²) in [4.78, 5) is 35.8. The van der Waals surface area contributed by atoms with E-state index in [2.05, 4.69) is 67.7 Å². The van der Waals surface area contributed by atoms with Gasteiger partial charge in [0, 0.05) is 13.3 Å². The van der Waals surface area contributed by atoms with Crippen molar-refractivity contribution in [2.75, 3.05) is 6.61 Å². The van der Waals surface area contributed by atoms with Gasteiger partial charge in [-0.15, -0.1) is 0 Å². The predicted molar refractivity (Wildman–Crippen MR) is 166 cm³/mol. The van der Waals surface area contributed by atoms with Gasteiger partial charge in [-0.1, -0.05) is 85.9 Å². The number of esters is 3. The Morgan fingerprint density at radius 1 is 0.780 bits per heavy atom. The van der Waals surface area contributed by atoms with Crippen LogP contribution in [0.15, 0.2) is 91.1 Å². The third kappa shape index (κ3) is 18.9.